The molecule has 0 aromatic carbocycles. The van der Waals surface area contributed by atoms with Gasteiger partial charge in [-0.3, -0.25) is 4.18 Å². The van der Waals surface area contributed by atoms with Gasteiger partial charge in [0.25, 0.3) is 10.1 Å². The van der Waals surface area contributed by atoms with Crippen LogP contribution in [0.25, 0.3) is 0 Å². The molecule has 16 heavy (non-hydrogen) atoms. The zero-order valence-electron chi connectivity index (χ0n) is 8.24. The van der Waals surface area contributed by atoms with Crippen molar-refractivity contribution in [3.63, 3.8) is 0 Å². The molecule has 3 heterocycles. The standard InChI is InChI=1S/C9H10O6S/c1-2-6(10)14-7-4-3-5-8(13-4)9(7)16(11,12)15-5/h2,4-5,7-9H,1,3H2. The molecule has 0 aromatic rings. The lowest BCUT2D eigenvalue weighted by molar-refractivity contribution is -0.145. The van der Waals surface area contributed by atoms with Crippen molar-refractivity contribution in [2.75, 3.05) is 0 Å². The highest BCUT2D eigenvalue weighted by molar-refractivity contribution is 7.87. The fraction of sp³-hybridized carbons (Fsp3) is 0.667. The third kappa shape index (κ3) is 1.19. The molecular formula is C9H10O6S. The Kier molecular flexibility index (Phi) is 1.96. The highest BCUT2D eigenvalue weighted by Crippen LogP contribution is 2.47. The number of carbonyl (C=O) groups is 1. The lowest BCUT2D eigenvalue weighted by Crippen LogP contribution is -2.42. The Morgan fingerprint density at radius 3 is 2.88 bits per heavy atom. The average Bonchev–Trinajstić information content (AvgIpc) is 2.77. The average molecular weight is 246 g/mol. The molecule has 0 aliphatic carbocycles. The van der Waals surface area contributed by atoms with E-state index < -0.39 is 39.6 Å². The molecule has 3 saturated heterocycles. The molecule has 3 aliphatic heterocycles. The predicted molar refractivity (Wildman–Crippen MR) is 50.9 cm³/mol. The molecule has 6 nitrogen and oxygen atoms in total. The van der Waals surface area contributed by atoms with E-state index in [0.29, 0.717) is 6.42 Å². The van der Waals surface area contributed by atoms with E-state index in [1.807, 2.05) is 0 Å². The van der Waals surface area contributed by atoms with Gasteiger partial charge in [-0.2, -0.15) is 8.42 Å². The molecule has 3 fully saturated rings. The number of hydrogen-bond donors (Lipinski definition) is 0. The molecule has 0 spiro atoms. The lowest BCUT2D eigenvalue weighted by atomic mass is 9.95. The van der Waals surface area contributed by atoms with E-state index in [-0.39, 0.29) is 6.10 Å². The Labute approximate surface area is 92.3 Å². The highest BCUT2D eigenvalue weighted by atomic mass is 32.2. The van der Waals surface area contributed by atoms with Crippen LogP contribution in [0.2, 0.25) is 0 Å². The molecule has 5 atom stereocenters. The lowest BCUT2D eigenvalue weighted by Gasteiger charge is -2.20. The molecule has 0 amide bonds. The number of ether oxygens (including phenoxy) is 2. The Morgan fingerprint density at radius 1 is 1.44 bits per heavy atom. The largest absolute Gasteiger partial charge is 0.455 e. The molecule has 3 rings (SSSR count). The zero-order valence-corrected chi connectivity index (χ0v) is 9.05. The van der Waals surface area contributed by atoms with Crippen LogP contribution in [0, 0.1) is 0 Å². The van der Waals surface area contributed by atoms with E-state index in [2.05, 4.69) is 6.58 Å². The first-order valence-electron chi connectivity index (χ1n) is 4.93. The monoisotopic (exact) mass is 246 g/mol. The zero-order chi connectivity index (χ0) is 11.5. The Balaban J connectivity index is 1.91. The summed E-state index contributed by atoms with van der Waals surface area (Å²) in [6.07, 6.45) is -0.571. The van der Waals surface area contributed by atoms with Crippen molar-refractivity contribution in [2.45, 2.75) is 36.1 Å². The molecule has 0 N–H and O–H groups in total. The second-order valence-corrected chi connectivity index (χ2v) is 5.79. The number of carbonyl (C=O) groups excluding carboxylic acids is 1. The second kappa shape index (κ2) is 3.06. The van der Waals surface area contributed by atoms with E-state index in [4.69, 9.17) is 13.7 Å². The molecule has 2 bridgehead atoms. The highest BCUT2D eigenvalue weighted by Gasteiger charge is 2.67. The van der Waals surface area contributed by atoms with Crippen LogP contribution in [0.1, 0.15) is 6.42 Å². The van der Waals surface area contributed by atoms with Gasteiger partial charge in [0.15, 0.2) is 11.4 Å². The molecular weight excluding hydrogens is 236 g/mol. The van der Waals surface area contributed by atoms with Crippen molar-refractivity contribution in [3.05, 3.63) is 12.7 Å². The molecule has 3 aliphatic rings. The minimum absolute atomic E-state index is 0.374. The summed E-state index contributed by atoms with van der Waals surface area (Å²) in [4.78, 5) is 11.1. The predicted octanol–water partition coefficient (Wildman–Crippen LogP) is -0.647. The summed E-state index contributed by atoms with van der Waals surface area (Å²) in [5.41, 5.74) is 0. The summed E-state index contributed by atoms with van der Waals surface area (Å²) >= 11 is 0. The third-order valence-corrected chi connectivity index (χ3v) is 4.91. The quantitative estimate of drug-likeness (QED) is 0.366. The minimum Gasteiger partial charge on any atom is -0.455 e. The molecule has 88 valence electrons. The maximum atomic E-state index is 11.6. The minimum atomic E-state index is -3.67. The van der Waals surface area contributed by atoms with Crippen LogP contribution in [0.15, 0.2) is 12.7 Å². The maximum Gasteiger partial charge on any atom is 0.330 e. The van der Waals surface area contributed by atoms with Gasteiger partial charge < -0.3 is 9.47 Å². The molecule has 0 radical (unpaired) electrons. The summed E-state index contributed by atoms with van der Waals surface area (Å²) in [7, 11) is -3.67. The summed E-state index contributed by atoms with van der Waals surface area (Å²) in [5.74, 6) is -0.639. The fourth-order valence-electron chi connectivity index (χ4n) is 2.59. The van der Waals surface area contributed by atoms with Crippen LogP contribution in [0.3, 0.4) is 0 Å². The Bertz CT molecular complexity index is 453. The van der Waals surface area contributed by atoms with Gasteiger partial charge >= 0.3 is 5.97 Å². The summed E-state index contributed by atoms with van der Waals surface area (Å²) in [6, 6.07) is 0. The first kappa shape index (κ1) is 10.2. The van der Waals surface area contributed by atoms with Crippen molar-refractivity contribution >= 4 is 16.1 Å². The summed E-state index contributed by atoms with van der Waals surface area (Å²) < 4.78 is 38.6. The van der Waals surface area contributed by atoms with Crippen molar-refractivity contribution in [1.82, 2.24) is 0 Å². The third-order valence-electron chi connectivity index (χ3n) is 3.19. The van der Waals surface area contributed by atoms with Crippen LogP contribution in [0.5, 0.6) is 0 Å². The Hall–Kier alpha value is -0.920. The smallest absolute Gasteiger partial charge is 0.330 e. The first-order chi connectivity index (χ1) is 7.53. The van der Waals surface area contributed by atoms with Gasteiger partial charge in [-0.25, -0.2) is 4.79 Å². The van der Waals surface area contributed by atoms with Crippen molar-refractivity contribution in [3.8, 4) is 0 Å². The van der Waals surface area contributed by atoms with E-state index in [9.17, 15) is 13.2 Å². The van der Waals surface area contributed by atoms with Crippen LogP contribution < -0.4 is 0 Å². The van der Waals surface area contributed by atoms with Gasteiger partial charge in [0.05, 0.1) is 6.10 Å². The fourth-order valence-corrected chi connectivity index (χ4v) is 4.38. The van der Waals surface area contributed by atoms with Crippen LogP contribution >= 0.6 is 0 Å². The SMILES string of the molecule is C=CC(=O)OC1C2CC3OS(=O)(=O)C1C3O2. The van der Waals surface area contributed by atoms with Gasteiger partial charge in [-0.15, -0.1) is 0 Å². The van der Waals surface area contributed by atoms with Gasteiger partial charge in [0, 0.05) is 12.5 Å². The molecule has 5 unspecified atom stereocenters. The number of esters is 1. The topological polar surface area (TPSA) is 78.9 Å². The molecule has 0 saturated carbocycles. The van der Waals surface area contributed by atoms with E-state index in [1.165, 1.54) is 0 Å². The molecule has 7 heteroatoms. The van der Waals surface area contributed by atoms with Gasteiger partial charge in [-0.1, -0.05) is 6.58 Å². The van der Waals surface area contributed by atoms with Crippen LogP contribution in [-0.4, -0.2) is 44.1 Å². The van der Waals surface area contributed by atoms with Crippen molar-refractivity contribution < 1.29 is 26.9 Å². The number of fused-ring (bicyclic) bond motifs is 1. The van der Waals surface area contributed by atoms with Crippen LogP contribution in [0.4, 0.5) is 0 Å². The summed E-state index contributed by atoms with van der Waals surface area (Å²) in [6.45, 7) is 3.27. The summed E-state index contributed by atoms with van der Waals surface area (Å²) in [5, 5.41) is -0.875. The second-order valence-electron chi connectivity index (χ2n) is 4.07. The van der Waals surface area contributed by atoms with E-state index in [1.54, 1.807) is 0 Å². The van der Waals surface area contributed by atoms with E-state index >= 15 is 0 Å². The van der Waals surface area contributed by atoms with Gasteiger partial charge in [0.1, 0.15) is 12.2 Å². The Morgan fingerprint density at radius 2 is 2.19 bits per heavy atom. The van der Waals surface area contributed by atoms with Gasteiger partial charge in [0.2, 0.25) is 0 Å². The number of rotatable bonds is 2. The van der Waals surface area contributed by atoms with E-state index in [0.717, 1.165) is 6.08 Å². The first-order valence-corrected chi connectivity index (χ1v) is 6.40. The van der Waals surface area contributed by atoms with Crippen molar-refractivity contribution in [2.24, 2.45) is 0 Å². The maximum absolute atomic E-state index is 11.6. The molecule has 0 aromatic heterocycles. The van der Waals surface area contributed by atoms with Gasteiger partial charge in [-0.05, 0) is 0 Å². The normalized spacial score (nSPS) is 46.9. The number of hydrogen-bond acceptors (Lipinski definition) is 6. The van der Waals surface area contributed by atoms with Crippen LogP contribution in [-0.2, 0) is 28.6 Å². The van der Waals surface area contributed by atoms with Crippen molar-refractivity contribution in [1.29, 1.82) is 0 Å².